The topological polar surface area (TPSA) is 20.9 Å². The molecule has 0 saturated heterocycles. The van der Waals surface area contributed by atoms with Crippen molar-refractivity contribution in [1.82, 2.24) is 0 Å². The number of carbonyl (C=O) groups excluding carboxylic acids is 1. The Labute approximate surface area is 118 Å². The van der Waals surface area contributed by atoms with Crippen LogP contribution in [-0.4, -0.2) is 5.78 Å². The average molecular weight is 262 g/mol. The molecule has 0 aliphatic heterocycles. The van der Waals surface area contributed by atoms with E-state index in [0.717, 1.165) is 10.9 Å². The Balaban J connectivity index is 1.96. The van der Waals surface area contributed by atoms with Gasteiger partial charge in [-0.05, 0) is 11.5 Å². The predicted molar refractivity (Wildman–Crippen MR) is 79.6 cm³/mol. The highest BCUT2D eigenvalue weighted by molar-refractivity contribution is 5.97. The maximum atomic E-state index is 12.5. The minimum absolute atomic E-state index is 0.130. The van der Waals surface area contributed by atoms with Crippen LogP contribution in [0, 0.1) is 0 Å². The number of rotatable bonds is 3. The minimum atomic E-state index is -0.206. The summed E-state index contributed by atoms with van der Waals surface area (Å²) in [5.74, 6) is 0.130. The molecule has 0 saturated carbocycles. The largest absolute Gasteiger partial charge is 0.287 e. The summed E-state index contributed by atoms with van der Waals surface area (Å²) in [7, 11) is 0. The molecule has 1 atom stereocenters. The molecule has 0 radical (unpaired) electrons. The summed E-state index contributed by atoms with van der Waals surface area (Å²) in [5, 5.41) is 2.32. The van der Waals surface area contributed by atoms with Crippen molar-refractivity contribution in [2.45, 2.75) is 13.0 Å². The molecular weight excluding hydrogens is 246 g/mol. The third-order valence-corrected chi connectivity index (χ3v) is 3.60. The number of benzene rings is 2. The lowest BCUT2D eigenvalue weighted by atomic mass is 10.0. The summed E-state index contributed by atoms with van der Waals surface area (Å²) in [5.41, 5.74) is 0.751. The van der Waals surface area contributed by atoms with E-state index in [1.165, 1.54) is 5.39 Å². The van der Waals surface area contributed by atoms with Crippen molar-refractivity contribution in [1.29, 1.82) is 0 Å². The van der Waals surface area contributed by atoms with E-state index >= 15 is 0 Å². The van der Waals surface area contributed by atoms with Crippen LogP contribution in [0.15, 0.2) is 73.1 Å². The lowest BCUT2D eigenvalue weighted by Gasteiger charge is -2.07. The van der Waals surface area contributed by atoms with Crippen molar-refractivity contribution in [3.63, 3.8) is 0 Å². The predicted octanol–water partition coefficient (Wildman–Crippen LogP) is 3.57. The van der Waals surface area contributed by atoms with Crippen LogP contribution in [0.5, 0.6) is 0 Å². The minimum Gasteiger partial charge on any atom is -0.287 e. The van der Waals surface area contributed by atoms with Crippen LogP contribution in [-0.2, 0) is 0 Å². The van der Waals surface area contributed by atoms with E-state index in [1.807, 2.05) is 72.4 Å². The number of hydrogen-bond donors (Lipinski definition) is 0. The van der Waals surface area contributed by atoms with Crippen LogP contribution >= 0.6 is 0 Å². The Morgan fingerprint density at radius 2 is 1.55 bits per heavy atom. The molecule has 0 fully saturated rings. The number of ketones is 1. The number of hydrogen-bond acceptors (Lipinski definition) is 1. The van der Waals surface area contributed by atoms with Crippen LogP contribution in [0.3, 0.4) is 0 Å². The van der Waals surface area contributed by atoms with Gasteiger partial charge in [0.05, 0.1) is 0 Å². The zero-order chi connectivity index (χ0) is 13.9. The van der Waals surface area contributed by atoms with Crippen LogP contribution in [0.4, 0.5) is 0 Å². The first-order valence-electron chi connectivity index (χ1n) is 6.74. The third-order valence-electron chi connectivity index (χ3n) is 3.60. The first-order valence-corrected chi connectivity index (χ1v) is 6.74. The van der Waals surface area contributed by atoms with Gasteiger partial charge in [-0.3, -0.25) is 4.79 Å². The summed E-state index contributed by atoms with van der Waals surface area (Å²) in [6.07, 6.45) is 3.99. The standard InChI is InChI=1S/C18H16NO/c1-14(18(20)16-8-3-2-4-9-16)19-12-11-15-7-5-6-10-17(15)13-19/h2-14H,1H3/q+1/t14-/m1/s1. The van der Waals surface area contributed by atoms with Gasteiger partial charge in [0.15, 0.2) is 12.4 Å². The second-order valence-corrected chi connectivity index (χ2v) is 4.93. The molecule has 3 rings (SSSR count). The van der Waals surface area contributed by atoms with E-state index in [2.05, 4.69) is 12.1 Å². The second-order valence-electron chi connectivity index (χ2n) is 4.93. The lowest BCUT2D eigenvalue weighted by Crippen LogP contribution is -2.41. The molecule has 0 unspecified atom stereocenters. The normalized spacial score (nSPS) is 12.2. The van der Waals surface area contributed by atoms with E-state index in [9.17, 15) is 4.79 Å². The molecule has 0 bridgehead atoms. The van der Waals surface area contributed by atoms with E-state index in [-0.39, 0.29) is 11.8 Å². The molecule has 3 aromatic rings. The van der Waals surface area contributed by atoms with Crippen LogP contribution in [0.25, 0.3) is 10.8 Å². The summed E-state index contributed by atoms with van der Waals surface area (Å²) in [6.45, 7) is 1.93. The molecule has 0 amide bonds. The molecule has 98 valence electrons. The summed E-state index contributed by atoms with van der Waals surface area (Å²) >= 11 is 0. The highest BCUT2D eigenvalue weighted by Gasteiger charge is 2.23. The Hall–Kier alpha value is -2.48. The van der Waals surface area contributed by atoms with Crippen molar-refractivity contribution >= 4 is 16.6 Å². The molecule has 20 heavy (non-hydrogen) atoms. The van der Waals surface area contributed by atoms with Crippen molar-refractivity contribution in [3.8, 4) is 0 Å². The summed E-state index contributed by atoms with van der Waals surface area (Å²) < 4.78 is 1.97. The Morgan fingerprint density at radius 1 is 0.900 bits per heavy atom. The van der Waals surface area contributed by atoms with Crippen molar-refractivity contribution < 1.29 is 9.36 Å². The molecule has 0 aliphatic rings. The van der Waals surface area contributed by atoms with Crippen molar-refractivity contribution in [2.75, 3.05) is 0 Å². The van der Waals surface area contributed by atoms with Gasteiger partial charge in [0.1, 0.15) is 0 Å². The summed E-state index contributed by atoms with van der Waals surface area (Å²) in [4.78, 5) is 12.5. The van der Waals surface area contributed by atoms with Gasteiger partial charge >= 0.3 is 0 Å². The molecule has 2 heteroatoms. The number of pyridine rings is 1. The molecule has 2 nitrogen and oxygen atoms in total. The number of aromatic nitrogens is 1. The third kappa shape index (κ3) is 2.32. The zero-order valence-electron chi connectivity index (χ0n) is 11.4. The molecule has 0 spiro atoms. The number of Topliss-reactive ketones (excluding diaryl/α,β-unsaturated/α-hetero) is 1. The van der Waals surface area contributed by atoms with Gasteiger partial charge in [-0.15, -0.1) is 0 Å². The summed E-state index contributed by atoms with van der Waals surface area (Å²) in [6, 6.07) is 19.4. The van der Waals surface area contributed by atoms with Gasteiger partial charge in [0, 0.05) is 23.9 Å². The van der Waals surface area contributed by atoms with Crippen LogP contribution in [0.1, 0.15) is 23.3 Å². The Kier molecular flexibility index (Phi) is 3.30. The molecule has 1 heterocycles. The maximum absolute atomic E-state index is 12.5. The van der Waals surface area contributed by atoms with Gasteiger partial charge in [-0.1, -0.05) is 48.5 Å². The average Bonchev–Trinajstić information content (AvgIpc) is 2.54. The Morgan fingerprint density at radius 3 is 2.30 bits per heavy atom. The number of carbonyl (C=O) groups is 1. The molecule has 0 aliphatic carbocycles. The van der Waals surface area contributed by atoms with E-state index in [4.69, 9.17) is 0 Å². The number of nitrogens with zero attached hydrogens (tertiary/aromatic N) is 1. The van der Waals surface area contributed by atoms with Gasteiger partial charge < -0.3 is 0 Å². The van der Waals surface area contributed by atoms with Crippen molar-refractivity contribution in [2.24, 2.45) is 0 Å². The van der Waals surface area contributed by atoms with Crippen LogP contribution in [0.2, 0.25) is 0 Å². The number of fused-ring (bicyclic) bond motifs is 1. The fourth-order valence-electron chi connectivity index (χ4n) is 2.37. The SMILES string of the molecule is C[C@H](C(=O)c1ccccc1)[n+]1ccc2ccccc2c1. The van der Waals surface area contributed by atoms with Gasteiger partial charge in [0.2, 0.25) is 11.8 Å². The Bertz CT molecular complexity index is 749. The monoisotopic (exact) mass is 262 g/mol. The first-order chi connectivity index (χ1) is 9.75. The molecule has 2 aromatic carbocycles. The maximum Gasteiger partial charge on any atom is 0.230 e. The van der Waals surface area contributed by atoms with Crippen molar-refractivity contribution in [3.05, 3.63) is 78.6 Å². The zero-order valence-corrected chi connectivity index (χ0v) is 11.4. The van der Waals surface area contributed by atoms with E-state index < -0.39 is 0 Å². The quantitative estimate of drug-likeness (QED) is 0.522. The second kappa shape index (κ2) is 5.25. The van der Waals surface area contributed by atoms with E-state index in [0.29, 0.717) is 0 Å². The highest BCUT2D eigenvalue weighted by Crippen LogP contribution is 2.13. The molecule has 0 N–H and O–H groups in total. The van der Waals surface area contributed by atoms with Gasteiger partial charge in [-0.2, -0.15) is 4.57 Å². The fourth-order valence-corrected chi connectivity index (χ4v) is 2.37. The van der Waals surface area contributed by atoms with Gasteiger partial charge in [0.25, 0.3) is 0 Å². The molecule has 1 aromatic heterocycles. The highest BCUT2D eigenvalue weighted by atomic mass is 16.1. The fraction of sp³-hybridized carbons (Fsp3) is 0.111. The van der Waals surface area contributed by atoms with Gasteiger partial charge in [-0.25, -0.2) is 0 Å². The van der Waals surface area contributed by atoms with Crippen LogP contribution < -0.4 is 4.57 Å². The lowest BCUT2D eigenvalue weighted by molar-refractivity contribution is -0.703. The smallest absolute Gasteiger partial charge is 0.230 e. The first kappa shape index (κ1) is 12.5. The molecular formula is C18H16NO+. The van der Waals surface area contributed by atoms with E-state index in [1.54, 1.807) is 0 Å².